The van der Waals surface area contributed by atoms with Gasteiger partial charge in [0.2, 0.25) is 0 Å². The second-order valence-corrected chi connectivity index (χ2v) is 9.91. The molecule has 0 heterocycles. The van der Waals surface area contributed by atoms with E-state index in [1.165, 1.54) is 19.2 Å². The molecule has 2 unspecified atom stereocenters. The first kappa shape index (κ1) is 20.9. The molecule has 162 valence electrons. The van der Waals surface area contributed by atoms with E-state index in [2.05, 4.69) is 5.32 Å². The van der Waals surface area contributed by atoms with Crippen molar-refractivity contribution in [1.82, 2.24) is 0 Å². The first-order chi connectivity index (χ1) is 14.1. The zero-order valence-electron chi connectivity index (χ0n) is 17.0. The van der Waals surface area contributed by atoms with Crippen LogP contribution in [-0.2, 0) is 14.3 Å². The van der Waals surface area contributed by atoms with Crippen molar-refractivity contribution in [2.75, 3.05) is 19.0 Å². The first-order valence-corrected chi connectivity index (χ1v) is 10.5. The number of ether oxygens (including phenoxy) is 2. The summed E-state index contributed by atoms with van der Waals surface area (Å²) in [7, 11) is 1.32. The van der Waals surface area contributed by atoms with Crippen LogP contribution in [0.15, 0.2) is 12.1 Å². The number of alkyl halides is 1. The zero-order valence-corrected chi connectivity index (χ0v) is 17.8. The molecule has 9 heteroatoms. The van der Waals surface area contributed by atoms with Crippen LogP contribution >= 0.6 is 11.6 Å². The van der Waals surface area contributed by atoms with Crippen molar-refractivity contribution in [3.63, 3.8) is 0 Å². The van der Waals surface area contributed by atoms with Crippen LogP contribution in [0.25, 0.3) is 0 Å². The van der Waals surface area contributed by atoms with Gasteiger partial charge in [-0.15, -0.1) is 11.6 Å². The number of aryl methyl sites for hydroxylation is 1. The number of halogens is 1. The minimum absolute atomic E-state index is 0.0406. The van der Waals surface area contributed by atoms with Crippen LogP contribution in [0.1, 0.15) is 44.1 Å². The van der Waals surface area contributed by atoms with Gasteiger partial charge in [-0.1, -0.05) is 0 Å². The van der Waals surface area contributed by atoms with Crippen molar-refractivity contribution in [2.24, 2.45) is 17.3 Å². The topological polar surface area (TPSA) is 108 Å². The third-order valence-corrected chi connectivity index (χ3v) is 7.20. The normalized spacial score (nSPS) is 31.3. The van der Waals surface area contributed by atoms with Gasteiger partial charge in [-0.3, -0.25) is 19.7 Å². The molecule has 0 aliphatic heterocycles. The number of carbonyl (C=O) groups is 2. The molecule has 1 aromatic carbocycles. The maximum atomic E-state index is 12.9. The second kappa shape index (κ2) is 7.41. The average molecular weight is 437 g/mol. The number of benzene rings is 1. The summed E-state index contributed by atoms with van der Waals surface area (Å²) < 4.78 is 10.5. The van der Waals surface area contributed by atoms with Crippen LogP contribution in [0, 0.1) is 34.3 Å². The summed E-state index contributed by atoms with van der Waals surface area (Å²) in [5, 5.41) is 13.7. The number of carbonyl (C=O) groups excluding carboxylic acids is 2. The number of methoxy groups -OCH3 is 1. The highest BCUT2D eigenvalue weighted by atomic mass is 35.5. The van der Waals surface area contributed by atoms with E-state index in [9.17, 15) is 19.7 Å². The molecule has 5 rings (SSSR count). The predicted molar refractivity (Wildman–Crippen MR) is 110 cm³/mol. The standard InChI is InChI=1S/C21H25ClN2O6/c1-12-3-16(24(27)28)17(29-2)5-15(12)23-18(25)10-30-19(26)20-6-13-4-14(7-20)9-21(22,8-13)11-20/h3,5,13-14H,4,6-11H2,1-2H3,(H,23,25)/t13-,14+,20?,21?. The van der Waals surface area contributed by atoms with E-state index in [4.69, 9.17) is 21.1 Å². The minimum Gasteiger partial charge on any atom is -0.490 e. The Balaban J connectivity index is 1.40. The lowest BCUT2D eigenvalue weighted by Crippen LogP contribution is -2.56. The molecule has 0 aromatic heterocycles. The molecule has 4 bridgehead atoms. The van der Waals surface area contributed by atoms with Gasteiger partial charge in [-0.05, 0) is 62.8 Å². The summed E-state index contributed by atoms with van der Waals surface area (Å²) in [6, 6.07) is 2.72. The molecule has 30 heavy (non-hydrogen) atoms. The van der Waals surface area contributed by atoms with Crippen LogP contribution in [0.2, 0.25) is 0 Å². The number of amides is 1. The highest BCUT2D eigenvalue weighted by molar-refractivity contribution is 6.24. The summed E-state index contributed by atoms with van der Waals surface area (Å²) in [6.45, 7) is 1.23. The summed E-state index contributed by atoms with van der Waals surface area (Å²) >= 11 is 6.77. The molecule has 4 aliphatic rings. The summed E-state index contributed by atoms with van der Waals surface area (Å²) in [6.07, 6.45) is 5.25. The molecule has 8 nitrogen and oxygen atoms in total. The van der Waals surface area contributed by atoms with Crippen molar-refractivity contribution in [3.8, 4) is 5.75 Å². The Bertz CT molecular complexity index is 903. The number of hydrogen-bond donors (Lipinski definition) is 1. The van der Waals surface area contributed by atoms with E-state index in [0.29, 0.717) is 29.5 Å². The number of nitro benzene ring substituents is 1. The Kier molecular flexibility index (Phi) is 5.16. The van der Waals surface area contributed by atoms with Crippen molar-refractivity contribution in [2.45, 2.75) is 50.3 Å². The number of nitro groups is 1. The van der Waals surface area contributed by atoms with Gasteiger partial charge in [-0.25, -0.2) is 0 Å². The van der Waals surface area contributed by atoms with Gasteiger partial charge in [0.1, 0.15) is 0 Å². The van der Waals surface area contributed by atoms with Crippen molar-refractivity contribution in [3.05, 3.63) is 27.8 Å². The summed E-state index contributed by atoms with van der Waals surface area (Å²) in [5.74, 6) is 0.113. The molecule has 0 saturated heterocycles. The minimum atomic E-state index is -0.571. The van der Waals surface area contributed by atoms with Crippen LogP contribution in [-0.4, -0.2) is 35.4 Å². The van der Waals surface area contributed by atoms with Crippen molar-refractivity contribution >= 4 is 34.9 Å². The van der Waals surface area contributed by atoms with E-state index in [0.717, 1.165) is 32.1 Å². The van der Waals surface area contributed by atoms with E-state index < -0.39 is 22.9 Å². The zero-order chi connectivity index (χ0) is 21.7. The van der Waals surface area contributed by atoms with Crippen LogP contribution < -0.4 is 10.1 Å². The molecule has 4 fully saturated rings. The lowest BCUT2D eigenvalue weighted by atomic mass is 9.49. The van der Waals surface area contributed by atoms with Crippen LogP contribution in [0.4, 0.5) is 11.4 Å². The number of esters is 1. The molecule has 1 N–H and O–H groups in total. The van der Waals surface area contributed by atoms with Crippen molar-refractivity contribution in [1.29, 1.82) is 0 Å². The molecule has 0 radical (unpaired) electrons. The highest BCUT2D eigenvalue weighted by Crippen LogP contribution is 2.64. The fourth-order valence-electron chi connectivity index (χ4n) is 5.97. The molecule has 4 aliphatic carbocycles. The van der Waals surface area contributed by atoms with Gasteiger partial charge in [0.05, 0.1) is 17.4 Å². The monoisotopic (exact) mass is 436 g/mol. The lowest BCUT2D eigenvalue weighted by Gasteiger charge is -2.58. The number of anilines is 1. The summed E-state index contributed by atoms with van der Waals surface area (Å²) in [4.78, 5) is 35.6. The van der Waals surface area contributed by atoms with Gasteiger partial charge in [0.25, 0.3) is 5.91 Å². The average Bonchev–Trinajstić information content (AvgIpc) is 2.65. The number of hydrogen-bond acceptors (Lipinski definition) is 6. The van der Waals surface area contributed by atoms with Crippen molar-refractivity contribution < 1.29 is 24.0 Å². The molecule has 1 amide bonds. The quantitative estimate of drug-likeness (QED) is 0.313. The van der Waals surface area contributed by atoms with Crippen LogP contribution in [0.5, 0.6) is 5.75 Å². The maximum Gasteiger partial charge on any atom is 0.312 e. The molecular formula is C21H25ClN2O6. The van der Waals surface area contributed by atoms with E-state index in [-0.39, 0.29) is 22.3 Å². The number of nitrogens with zero attached hydrogens (tertiary/aromatic N) is 1. The Morgan fingerprint density at radius 2 is 1.93 bits per heavy atom. The Labute approximate surface area is 179 Å². The Morgan fingerprint density at radius 3 is 2.50 bits per heavy atom. The SMILES string of the molecule is COc1cc(NC(=O)COC(=O)C23C[C@@H]4C[C@@H](CC(Cl)(C4)C2)C3)c(C)cc1[N+](=O)[O-]. The Hall–Kier alpha value is -2.35. The highest BCUT2D eigenvalue weighted by Gasteiger charge is 2.60. The van der Waals surface area contributed by atoms with E-state index in [1.54, 1.807) is 6.92 Å². The molecule has 4 saturated carbocycles. The van der Waals surface area contributed by atoms with Crippen LogP contribution in [0.3, 0.4) is 0 Å². The van der Waals surface area contributed by atoms with Gasteiger partial charge < -0.3 is 14.8 Å². The third-order valence-electron chi connectivity index (χ3n) is 6.75. The number of rotatable bonds is 6. The number of nitrogens with one attached hydrogen (secondary N) is 1. The Morgan fingerprint density at radius 1 is 1.27 bits per heavy atom. The maximum absolute atomic E-state index is 12.9. The third kappa shape index (κ3) is 3.73. The predicted octanol–water partition coefficient (Wildman–Crippen LogP) is 3.97. The van der Waals surface area contributed by atoms with Gasteiger partial charge >= 0.3 is 11.7 Å². The summed E-state index contributed by atoms with van der Waals surface area (Å²) in [5.41, 5.74) is 0.120. The first-order valence-electron chi connectivity index (χ1n) is 10.1. The fourth-order valence-corrected chi connectivity index (χ4v) is 6.67. The molecule has 4 atom stereocenters. The molecular weight excluding hydrogens is 412 g/mol. The van der Waals surface area contributed by atoms with Gasteiger partial charge in [-0.2, -0.15) is 0 Å². The fraction of sp³-hybridized carbons (Fsp3) is 0.619. The van der Waals surface area contributed by atoms with Gasteiger partial charge in [0, 0.05) is 22.7 Å². The lowest BCUT2D eigenvalue weighted by molar-refractivity contribution is -0.385. The second-order valence-electron chi connectivity index (χ2n) is 9.11. The molecule has 1 aromatic rings. The largest absolute Gasteiger partial charge is 0.490 e. The van der Waals surface area contributed by atoms with E-state index >= 15 is 0 Å². The molecule has 0 spiro atoms. The smallest absolute Gasteiger partial charge is 0.312 e. The van der Waals surface area contributed by atoms with Gasteiger partial charge in [0.15, 0.2) is 12.4 Å². The van der Waals surface area contributed by atoms with E-state index in [1.807, 2.05) is 0 Å².